The number of aldehydes is 1. The highest BCUT2D eigenvalue weighted by Crippen LogP contribution is 2.36. The van der Waals surface area contributed by atoms with E-state index < -0.39 is 23.2 Å². The van der Waals surface area contributed by atoms with Gasteiger partial charge in [0.05, 0.1) is 22.9 Å². The maximum atomic E-state index is 14.2. The van der Waals surface area contributed by atoms with Crippen molar-refractivity contribution in [2.24, 2.45) is 0 Å². The Morgan fingerprint density at radius 3 is 2.54 bits per heavy atom. The maximum Gasteiger partial charge on any atom is 0.206 e. The number of benzene rings is 2. The van der Waals surface area contributed by atoms with Crippen LogP contribution in [0.25, 0.3) is 10.9 Å². The van der Waals surface area contributed by atoms with Gasteiger partial charge >= 0.3 is 0 Å². The van der Waals surface area contributed by atoms with E-state index in [1.165, 1.54) is 25.5 Å². The molecule has 0 spiro atoms. The number of ether oxygens (including phenoxy) is 3. The fourth-order valence-electron chi connectivity index (χ4n) is 3.47. The standard InChI is InChI=1S/C19H18F3N3O2.C9H9NO2/c1-23-7-8-26-11-3-4-12-14(9-11)25-6-5-16(12)27-19-13(20)10-15(24-2)17(21)18(19)22;11-6-7-5-10-4-3-9(7)12-8-1-2-8/h3-6,9-10,23-24H,7-8H2,1-2H3;3-6,8H,1-2H2. The molecule has 39 heavy (non-hydrogen) atoms. The van der Waals surface area contributed by atoms with E-state index in [9.17, 15) is 18.0 Å². The Labute approximate surface area is 223 Å². The molecule has 0 atom stereocenters. The van der Waals surface area contributed by atoms with E-state index in [0.717, 1.165) is 25.2 Å². The smallest absolute Gasteiger partial charge is 0.206 e. The zero-order valence-corrected chi connectivity index (χ0v) is 21.3. The summed E-state index contributed by atoms with van der Waals surface area (Å²) in [5.74, 6) is -3.05. The third-order valence-electron chi connectivity index (χ3n) is 5.65. The number of anilines is 1. The first-order chi connectivity index (χ1) is 18.9. The maximum absolute atomic E-state index is 14.2. The molecule has 0 radical (unpaired) electrons. The van der Waals surface area contributed by atoms with Crippen molar-refractivity contribution < 1.29 is 32.2 Å². The monoisotopic (exact) mass is 540 g/mol. The number of carbonyl (C=O) groups is 1. The Balaban J connectivity index is 0.000000243. The lowest BCUT2D eigenvalue weighted by atomic mass is 10.2. The van der Waals surface area contributed by atoms with E-state index in [4.69, 9.17) is 14.2 Å². The molecule has 0 unspecified atom stereocenters. The van der Waals surface area contributed by atoms with Crippen molar-refractivity contribution in [2.75, 3.05) is 32.6 Å². The van der Waals surface area contributed by atoms with Gasteiger partial charge in [0.1, 0.15) is 23.9 Å². The van der Waals surface area contributed by atoms with Crippen LogP contribution in [-0.4, -0.2) is 49.6 Å². The molecule has 1 aliphatic carbocycles. The second-order valence-electron chi connectivity index (χ2n) is 8.50. The van der Waals surface area contributed by atoms with E-state index in [-0.39, 0.29) is 11.4 Å². The van der Waals surface area contributed by atoms with Crippen molar-refractivity contribution in [1.82, 2.24) is 15.3 Å². The summed E-state index contributed by atoms with van der Waals surface area (Å²) in [5.41, 5.74) is 0.757. The first-order valence-electron chi connectivity index (χ1n) is 12.2. The first-order valence-corrected chi connectivity index (χ1v) is 12.2. The molecule has 4 aromatic rings. The number of rotatable bonds is 10. The van der Waals surface area contributed by atoms with Crippen molar-refractivity contribution in [3.63, 3.8) is 0 Å². The SMILES string of the molecule is CNCCOc1ccc2c(Oc3c(F)cc(NC)c(F)c3F)ccnc2c1.O=Cc1cnccc1OC1CC1. The Hall–Kier alpha value is -4.38. The number of hydrogen-bond donors (Lipinski definition) is 2. The molecule has 0 aliphatic heterocycles. The summed E-state index contributed by atoms with van der Waals surface area (Å²) in [4.78, 5) is 18.6. The minimum Gasteiger partial charge on any atom is -0.492 e. The summed E-state index contributed by atoms with van der Waals surface area (Å²) in [5, 5.41) is 5.86. The van der Waals surface area contributed by atoms with Crippen LogP contribution < -0.4 is 24.8 Å². The van der Waals surface area contributed by atoms with Crippen LogP contribution in [0, 0.1) is 17.5 Å². The van der Waals surface area contributed by atoms with E-state index in [1.54, 1.807) is 30.5 Å². The van der Waals surface area contributed by atoms with Gasteiger partial charge in [0.2, 0.25) is 11.6 Å². The first kappa shape index (κ1) is 27.6. The number of hydrogen-bond acceptors (Lipinski definition) is 8. The largest absolute Gasteiger partial charge is 0.492 e. The van der Waals surface area contributed by atoms with Crippen LogP contribution in [0.4, 0.5) is 18.9 Å². The quantitative estimate of drug-likeness (QED) is 0.154. The van der Waals surface area contributed by atoms with Crippen LogP contribution >= 0.6 is 0 Å². The highest BCUT2D eigenvalue weighted by Gasteiger charge is 2.24. The lowest BCUT2D eigenvalue weighted by molar-refractivity contribution is 0.111. The normalized spacial score (nSPS) is 12.3. The number of aromatic nitrogens is 2. The van der Waals surface area contributed by atoms with Gasteiger partial charge in [0.15, 0.2) is 17.9 Å². The molecule has 2 aromatic carbocycles. The molecule has 1 aliphatic rings. The summed E-state index contributed by atoms with van der Waals surface area (Å²) >= 11 is 0. The van der Waals surface area contributed by atoms with Gasteiger partial charge in [-0.15, -0.1) is 0 Å². The number of nitrogens with one attached hydrogen (secondary N) is 2. The summed E-state index contributed by atoms with van der Waals surface area (Å²) in [6.45, 7) is 1.16. The van der Waals surface area contributed by atoms with Gasteiger partial charge in [-0.2, -0.15) is 4.39 Å². The molecule has 11 heteroatoms. The Morgan fingerprint density at radius 2 is 1.82 bits per heavy atom. The van der Waals surface area contributed by atoms with E-state index in [0.29, 0.717) is 47.2 Å². The van der Waals surface area contributed by atoms with Gasteiger partial charge < -0.3 is 24.8 Å². The zero-order chi connectivity index (χ0) is 27.8. The number of likely N-dealkylation sites (N-methyl/N-ethyl adjacent to an activating group) is 1. The lowest BCUT2D eigenvalue weighted by Gasteiger charge is -2.13. The van der Waals surface area contributed by atoms with Crippen molar-refractivity contribution in [3.05, 3.63) is 78.0 Å². The fourth-order valence-corrected chi connectivity index (χ4v) is 3.47. The second-order valence-corrected chi connectivity index (χ2v) is 8.50. The third kappa shape index (κ3) is 6.94. The van der Waals surface area contributed by atoms with E-state index >= 15 is 0 Å². The number of carbonyl (C=O) groups excluding carboxylic acids is 1. The van der Waals surface area contributed by atoms with Gasteiger partial charge in [-0.25, -0.2) is 8.78 Å². The summed E-state index contributed by atoms with van der Waals surface area (Å²) in [6.07, 6.45) is 7.87. The molecule has 5 rings (SSSR count). The van der Waals surface area contributed by atoms with Crippen molar-refractivity contribution in [1.29, 1.82) is 0 Å². The van der Waals surface area contributed by atoms with Crippen LogP contribution in [0.5, 0.6) is 23.0 Å². The molecule has 0 bridgehead atoms. The molecule has 1 fully saturated rings. The average Bonchev–Trinajstić information content (AvgIpc) is 3.78. The predicted molar refractivity (Wildman–Crippen MR) is 140 cm³/mol. The molecular weight excluding hydrogens is 513 g/mol. The fraction of sp³-hybridized carbons (Fsp3) is 0.250. The zero-order valence-electron chi connectivity index (χ0n) is 21.3. The van der Waals surface area contributed by atoms with Crippen LogP contribution in [0.15, 0.2) is 55.0 Å². The van der Waals surface area contributed by atoms with Crippen molar-refractivity contribution in [2.45, 2.75) is 18.9 Å². The average molecular weight is 541 g/mol. The molecule has 1 saturated carbocycles. The molecule has 204 valence electrons. The van der Waals surface area contributed by atoms with E-state index in [1.807, 2.05) is 7.05 Å². The van der Waals surface area contributed by atoms with Gasteiger partial charge in [-0.1, -0.05) is 0 Å². The Bertz CT molecular complexity index is 1450. The number of halogens is 3. The molecule has 0 amide bonds. The van der Waals surface area contributed by atoms with Gasteiger partial charge in [0, 0.05) is 49.7 Å². The highest BCUT2D eigenvalue weighted by molar-refractivity contribution is 5.86. The molecule has 2 heterocycles. The van der Waals surface area contributed by atoms with Gasteiger partial charge in [0.25, 0.3) is 0 Å². The molecule has 0 saturated heterocycles. The summed E-state index contributed by atoms with van der Waals surface area (Å²) in [6, 6.07) is 9.07. The minimum absolute atomic E-state index is 0.149. The lowest BCUT2D eigenvalue weighted by Crippen LogP contribution is -2.15. The number of fused-ring (bicyclic) bond motifs is 1. The highest BCUT2D eigenvalue weighted by atomic mass is 19.2. The summed E-state index contributed by atoms with van der Waals surface area (Å²) in [7, 11) is 3.18. The van der Waals surface area contributed by atoms with Crippen LogP contribution in [0.1, 0.15) is 23.2 Å². The van der Waals surface area contributed by atoms with Crippen LogP contribution in [0.2, 0.25) is 0 Å². The third-order valence-corrected chi connectivity index (χ3v) is 5.65. The van der Waals surface area contributed by atoms with Crippen LogP contribution in [0.3, 0.4) is 0 Å². The topological polar surface area (TPSA) is 94.6 Å². The minimum atomic E-state index is -1.41. The number of pyridine rings is 2. The number of nitrogens with zero attached hydrogens (tertiary/aromatic N) is 2. The van der Waals surface area contributed by atoms with Gasteiger partial charge in [-0.3, -0.25) is 14.8 Å². The molecule has 2 aromatic heterocycles. The predicted octanol–water partition coefficient (Wildman–Crippen LogP) is 5.52. The van der Waals surface area contributed by atoms with Crippen LogP contribution in [-0.2, 0) is 0 Å². The summed E-state index contributed by atoms with van der Waals surface area (Å²) < 4.78 is 58.8. The molecular formula is C28H27F3N4O4. The molecule has 2 N–H and O–H groups in total. The van der Waals surface area contributed by atoms with E-state index in [2.05, 4.69) is 20.6 Å². The Kier molecular flexibility index (Phi) is 9.16. The van der Waals surface area contributed by atoms with Gasteiger partial charge in [-0.05, 0) is 44.2 Å². The van der Waals surface area contributed by atoms with Crippen molar-refractivity contribution >= 4 is 22.9 Å². The van der Waals surface area contributed by atoms with Crippen molar-refractivity contribution in [3.8, 4) is 23.0 Å². The second kappa shape index (κ2) is 12.9. The molecule has 8 nitrogen and oxygen atoms in total. The Morgan fingerprint density at radius 1 is 1.03 bits per heavy atom.